The van der Waals surface area contributed by atoms with E-state index in [0.717, 1.165) is 6.54 Å². The van der Waals surface area contributed by atoms with Gasteiger partial charge in [0.15, 0.2) is 5.96 Å². The van der Waals surface area contributed by atoms with Gasteiger partial charge >= 0.3 is 0 Å². The number of hydrogen-bond acceptors (Lipinski definition) is 5. The second-order valence-corrected chi connectivity index (χ2v) is 5.76. The third-order valence-electron chi connectivity index (χ3n) is 3.64. The summed E-state index contributed by atoms with van der Waals surface area (Å²) in [6, 6.07) is 4.40. The van der Waals surface area contributed by atoms with Gasteiger partial charge in [0.25, 0.3) is 0 Å². The van der Waals surface area contributed by atoms with Crippen LogP contribution in [0.2, 0.25) is 0 Å². The van der Waals surface area contributed by atoms with Crippen LogP contribution < -0.4 is 5.73 Å². The molecule has 1 aliphatic rings. The Kier molecular flexibility index (Phi) is 3.02. The normalized spacial score (nSPS) is 18.9. The molecule has 3 rings (SSSR count). The van der Waals surface area contributed by atoms with Gasteiger partial charge in [0.05, 0.1) is 25.3 Å². The molecular formula is C13H17N5S. The van der Waals surface area contributed by atoms with E-state index < -0.39 is 0 Å². The number of aliphatic imine (C=N–C) groups is 1. The van der Waals surface area contributed by atoms with Crippen LogP contribution in [-0.2, 0) is 13.6 Å². The van der Waals surface area contributed by atoms with Crippen molar-refractivity contribution < 1.29 is 0 Å². The maximum atomic E-state index is 6.03. The second-order valence-electron chi connectivity index (χ2n) is 4.73. The summed E-state index contributed by atoms with van der Waals surface area (Å²) in [5.74, 6) is 0.627. The highest BCUT2D eigenvalue weighted by Crippen LogP contribution is 2.29. The number of thiophene rings is 1. The van der Waals surface area contributed by atoms with Gasteiger partial charge in [0.2, 0.25) is 0 Å². The molecule has 0 amide bonds. The first-order chi connectivity index (χ1) is 9.16. The fourth-order valence-corrected chi connectivity index (χ4v) is 3.10. The van der Waals surface area contributed by atoms with Gasteiger partial charge in [-0.15, -0.1) is 11.3 Å². The number of guanidine groups is 1. The molecular weight excluding hydrogens is 258 g/mol. The molecule has 1 atom stereocenters. The van der Waals surface area contributed by atoms with Crippen LogP contribution in [0.25, 0.3) is 0 Å². The van der Waals surface area contributed by atoms with Crippen molar-refractivity contribution in [3.05, 3.63) is 39.8 Å². The molecule has 0 spiro atoms. The van der Waals surface area contributed by atoms with Gasteiger partial charge in [-0.3, -0.25) is 9.67 Å². The van der Waals surface area contributed by atoms with E-state index in [9.17, 15) is 0 Å². The van der Waals surface area contributed by atoms with E-state index in [-0.39, 0.29) is 6.04 Å². The average Bonchev–Trinajstić information content (AvgIpc) is 3.08. The van der Waals surface area contributed by atoms with E-state index in [4.69, 9.17) is 5.73 Å². The van der Waals surface area contributed by atoms with Gasteiger partial charge in [-0.05, 0) is 18.4 Å². The summed E-state index contributed by atoms with van der Waals surface area (Å²) >= 11 is 1.75. The fourth-order valence-electron chi connectivity index (χ4n) is 2.40. The third-order valence-corrected chi connectivity index (χ3v) is 4.50. The van der Waals surface area contributed by atoms with Crippen molar-refractivity contribution >= 4 is 17.3 Å². The third kappa shape index (κ3) is 2.12. The Morgan fingerprint density at radius 3 is 3.00 bits per heavy atom. The van der Waals surface area contributed by atoms with Crippen LogP contribution in [0.1, 0.15) is 22.2 Å². The Balaban J connectivity index is 1.87. The molecule has 0 bridgehead atoms. The predicted octanol–water partition coefficient (Wildman–Crippen LogP) is 1.66. The quantitative estimate of drug-likeness (QED) is 0.927. The first-order valence-electron chi connectivity index (χ1n) is 6.24. The molecule has 1 unspecified atom stereocenters. The molecule has 0 saturated carbocycles. The van der Waals surface area contributed by atoms with Crippen molar-refractivity contribution in [2.75, 3.05) is 6.54 Å². The minimum absolute atomic E-state index is 0.204. The van der Waals surface area contributed by atoms with Crippen molar-refractivity contribution in [3.63, 3.8) is 0 Å². The van der Waals surface area contributed by atoms with Crippen molar-refractivity contribution in [2.45, 2.75) is 19.5 Å². The van der Waals surface area contributed by atoms with E-state index >= 15 is 0 Å². The SMILES string of the molecule is Cc1c(C2CN=C(N)N2Cc2cccs2)cnn1C. The topological polar surface area (TPSA) is 59.4 Å². The van der Waals surface area contributed by atoms with Crippen LogP contribution in [-0.4, -0.2) is 27.2 Å². The molecule has 6 heteroatoms. The first kappa shape index (κ1) is 12.2. The predicted molar refractivity (Wildman–Crippen MR) is 77.0 cm³/mol. The average molecular weight is 275 g/mol. The van der Waals surface area contributed by atoms with Crippen molar-refractivity contribution in [1.82, 2.24) is 14.7 Å². The molecule has 19 heavy (non-hydrogen) atoms. The largest absolute Gasteiger partial charge is 0.370 e. The number of rotatable bonds is 3. The van der Waals surface area contributed by atoms with Crippen molar-refractivity contribution in [2.24, 2.45) is 17.8 Å². The van der Waals surface area contributed by atoms with Crippen LogP contribution >= 0.6 is 11.3 Å². The zero-order chi connectivity index (χ0) is 13.4. The maximum Gasteiger partial charge on any atom is 0.192 e. The van der Waals surface area contributed by atoms with Gasteiger partial charge in [0, 0.05) is 23.2 Å². The Hall–Kier alpha value is -1.82. The van der Waals surface area contributed by atoms with Crippen LogP contribution in [0.4, 0.5) is 0 Å². The Morgan fingerprint density at radius 1 is 1.53 bits per heavy atom. The van der Waals surface area contributed by atoms with E-state index in [1.54, 1.807) is 11.3 Å². The first-order valence-corrected chi connectivity index (χ1v) is 7.12. The monoisotopic (exact) mass is 275 g/mol. The number of nitrogens with zero attached hydrogens (tertiary/aromatic N) is 4. The highest BCUT2D eigenvalue weighted by atomic mass is 32.1. The van der Waals surface area contributed by atoms with Gasteiger partial charge < -0.3 is 10.6 Å². The molecule has 5 nitrogen and oxygen atoms in total. The Labute approximate surface area is 116 Å². The zero-order valence-electron chi connectivity index (χ0n) is 11.1. The molecule has 100 valence electrons. The molecule has 1 aliphatic heterocycles. The highest BCUT2D eigenvalue weighted by molar-refractivity contribution is 7.09. The molecule has 2 aromatic heterocycles. The molecule has 0 radical (unpaired) electrons. The van der Waals surface area contributed by atoms with E-state index in [0.29, 0.717) is 12.5 Å². The minimum Gasteiger partial charge on any atom is -0.370 e. The minimum atomic E-state index is 0.204. The van der Waals surface area contributed by atoms with Crippen molar-refractivity contribution in [1.29, 1.82) is 0 Å². The highest BCUT2D eigenvalue weighted by Gasteiger charge is 2.30. The number of aryl methyl sites for hydroxylation is 1. The molecule has 0 aliphatic carbocycles. The molecule has 3 heterocycles. The lowest BCUT2D eigenvalue weighted by Crippen LogP contribution is -2.35. The summed E-state index contributed by atoms with van der Waals surface area (Å²) in [6.45, 7) is 3.61. The van der Waals surface area contributed by atoms with E-state index in [1.807, 2.05) is 17.9 Å². The van der Waals surface area contributed by atoms with Crippen molar-refractivity contribution in [3.8, 4) is 0 Å². The van der Waals surface area contributed by atoms with E-state index in [2.05, 4.69) is 39.4 Å². The summed E-state index contributed by atoms with van der Waals surface area (Å²) in [5, 5.41) is 6.40. The summed E-state index contributed by atoms with van der Waals surface area (Å²) in [7, 11) is 1.96. The lowest BCUT2D eigenvalue weighted by atomic mass is 10.1. The van der Waals surface area contributed by atoms with Crippen LogP contribution in [0.15, 0.2) is 28.7 Å². The van der Waals surface area contributed by atoms with Gasteiger partial charge in [-0.25, -0.2) is 0 Å². The maximum absolute atomic E-state index is 6.03. The Bertz CT molecular complexity index is 599. The van der Waals surface area contributed by atoms with Crippen LogP contribution in [0.5, 0.6) is 0 Å². The van der Waals surface area contributed by atoms with Gasteiger partial charge in [0.1, 0.15) is 0 Å². The Morgan fingerprint density at radius 2 is 2.37 bits per heavy atom. The van der Waals surface area contributed by atoms with Gasteiger partial charge in [-0.2, -0.15) is 5.10 Å². The lowest BCUT2D eigenvalue weighted by molar-refractivity contribution is 0.342. The van der Waals surface area contributed by atoms with Crippen LogP contribution in [0.3, 0.4) is 0 Å². The summed E-state index contributed by atoms with van der Waals surface area (Å²) in [5.41, 5.74) is 8.42. The number of nitrogens with two attached hydrogens (primary N) is 1. The summed E-state index contributed by atoms with van der Waals surface area (Å²) in [6.07, 6.45) is 1.93. The lowest BCUT2D eigenvalue weighted by Gasteiger charge is -2.25. The molecule has 2 N–H and O–H groups in total. The molecule has 2 aromatic rings. The molecule has 0 saturated heterocycles. The second kappa shape index (κ2) is 4.70. The smallest absolute Gasteiger partial charge is 0.192 e. The zero-order valence-corrected chi connectivity index (χ0v) is 11.9. The van der Waals surface area contributed by atoms with Crippen LogP contribution in [0, 0.1) is 6.92 Å². The molecule has 0 aromatic carbocycles. The number of aromatic nitrogens is 2. The standard InChI is InChI=1S/C13H17N5S/c1-9-11(6-16-17(9)2)12-7-15-13(14)18(12)8-10-4-3-5-19-10/h3-6,12H,7-8H2,1-2H3,(H2,14,15). The van der Waals surface area contributed by atoms with E-state index in [1.165, 1.54) is 16.1 Å². The molecule has 0 fully saturated rings. The number of hydrogen-bond donors (Lipinski definition) is 1. The summed E-state index contributed by atoms with van der Waals surface area (Å²) < 4.78 is 1.90. The van der Waals surface area contributed by atoms with Gasteiger partial charge in [-0.1, -0.05) is 6.07 Å². The fraction of sp³-hybridized carbons (Fsp3) is 0.385. The summed E-state index contributed by atoms with van der Waals surface area (Å²) in [4.78, 5) is 7.85.